The molecule has 1 aliphatic heterocycles. The number of hydrogen-bond donors (Lipinski definition) is 1. The van der Waals surface area contributed by atoms with Crippen molar-refractivity contribution in [1.82, 2.24) is 14.5 Å². The molecule has 1 N–H and O–H groups in total. The molecule has 0 unspecified atom stereocenters. The molecule has 3 rings (SSSR count). The lowest BCUT2D eigenvalue weighted by molar-refractivity contribution is 0.0945. The Kier molecular flexibility index (Phi) is 7.13. The quantitative estimate of drug-likeness (QED) is 0.717. The summed E-state index contributed by atoms with van der Waals surface area (Å²) in [6.07, 6.45) is 0. The molecule has 0 saturated carbocycles. The molecule has 156 valence electrons. The molecule has 0 aliphatic carbocycles. The fourth-order valence-corrected chi connectivity index (χ4v) is 4.80. The van der Waals surface area contributed by atoms with E-state index >= 15 is 0 Å². The number of amides is 1. The zero-order valence-corrected chi connectivity index (χ0v) is 17.7. The zero-order chi connectivity index (χ0) is 20.9. The first-order valence-corrected chi connectivity index (χ1v) is 11.1. The molecule has 0 aromatic heterocycles. The maximum absolute atomic E-state index is 12.8. The van der Waals surface area contributed by atoms with Crippen LogP contribution in [0.3, 0.4) is 0 Å². The molecule has 1 aliphatic rings. The summed E-state index contributed by atoms with van der Waals surface area (Å²) < 4.78 is 32.1. The predicted octanol–water partition coefficient (Wildman–Crippen LogP) is 2.08. The molecule has 1 heterocycles. The second-order valence-corrected chi connectivity index (χ2v) is 9.00. The highest BCUT2D eigenvalue weighted by Crippen LogP contribution is 2.20. The summed E-state index contributed by atoms with van der Waals surface area (Å²) >= 11 is 6.03. The van der Waals surface area contributed by atoms with Gasteiger partial charge in [-0.15, -0.1) is 0 Å². The van der Waals surface area contributed by atoms with E-state index in [0.717, 1.165) is 0 Å². The van der Waals surface area contributed by atoms with Crippen molar-refractivity contribution in [3.8, 4) is 5.75 Å². The van der Waals surface area contributed by atoms with Crippen molar-refractivity contribution < 1.29 is 17.9 Å². The molecule has 0 atom stereocenters. The third-order valence-corrected chi connectivity index (χ3v) is 7.10. The number of carbonyl (C=O) groups excluding carboxylic acids is 1. The number of benzene rings is 2. The SMILES string of the molecule is COc1ccc(S(=O)(=O)N2CCN(CCNC(=O)c3ccccc3Cl)CC2)cc1. The highest BCUT2D eigenvalue weighted by molar-refractivity contribution is 7.89. The van der Waals surface area contributed by atoms with E-state index in [4.69, 9.17) is 16.3 Å². The molecule has 9 heteroatoms. The molecule has 2 aromatic carbocycles. The maximum atomic E-state index is 12.8. The monoisotopic (exact) mass is 437 g/mol. The standard InChI is InChI=1S/C20H24ClN3O4S/c1-28-16-6-8-17(9-7-16)29(26,27)24-14-12-23(13-15-24)11-10-22-20(25)18-4-2-3-5-19(18)21/h2-9H,10-15H2,1H3,(H,22,25). The Morgan fingerprint density at radius 3 is 2.34 bits per heavy atom. The van der Waals surface area contributed by atoms with Gasteiger partial charge in [-0.05, 0) is 36.4 Å². The van der Waals surface area contributed by atoms with Gasteiger partial charge in [0.05, 0.1) is 22.6 Å². The van der Waals surface area contributed by atoms with Crippen LogP contribution in [0.15, 0.2) is 53.4 Å². The van der Waals surface area contributed by atoms with Gasteiger partial charge in [0.1, 0.15) is 5.75 Å². The van der Waals surface area contributed by atoms with Crippen LogP contribution in [0, 0.1) is 0 Å². The third-order valence-electron chi connectivity index (χ3n) is 4.86. The minimum atomic E-state index is -3.52. The first-order valence-electron chi connectivity index (χ1n) is 9.31. The molecule has 0 bridgehead atoms. The van der Waals surface area contributed by atoms with Gasteiger partial charge in [0.25, 0.3) is 5.91 Å². The van der Waals surface area contributed by atoms with Gasteiger partial charge in [0.15, 0.2) is 0 Å². The van der Waals surface area contributed by atoms with Crippen LogP contribution < -0.4 is 10.1 Å². The van der Waals surface area contributed by atoms with Gasteiger partial charge >= 0.3 is 0 Å². The minimum Gasteiger partial charge on any atom is -0.497 e. The van der Waals surface area contributed by atoms with Crippen molar-refractivity contribution in [3.63, 3.8) is 0 Å². The molecule has 2 aromatic rings. The number of carbonyl (C=O) groups is 1. The van der Waals surface area contributed by atoms with Crippen LogP contribution >= 0.6 is 11.6 Å². The number of halogens is 1. The largest absolute Gasteiger partial charge is 0.497 e. The fraction of sp³-hybridized carbons (Fsp3) is 0.350. The summed E-state index contributed by atoms with van der Waals surface area (Å²) in [6, 6.07) is 13.3. The Bertz CT molecular complexity index is 942. The number of ether oxygens (including phenoxy) is 1. The molecule has 0 spiro atoms. The molecular formula is C20H24ClN3O4S. The van der Waals surface area contributed by atoms with Gasteiger partial charge in [-0.25, -0.2) is 8.42 Å². The molecule has 7 nitrogen and oxygen atoms in total. The summed E-state index contributed by atoms with van der Waals surface area (Å²) in [5, 5.41) is 3.28. The average molecular weight is 438 g/mol. The minimum absolute atomic E-state index is 0.212. The second kappa shape index (κ2) is 9.58. The van der Waals surface area contributed by atoms with E-state index in [1.807, 2.05) is 0 Å². The van der Waals surface area contributed by atoms with Crippen molar-refractivity contribution in [2.45, 2.75) is 4.90 Å². The third kappa shape index (κ3) is 5.27. The lowest BCUT2D eigenvalue weighted by atomic mass is 10.2. The van der Waals surface area contributed by atoms with E-state index in [9.17, 15) is 13.2 Å². The van der Waals surface area contributed by atoms with E-state index in [-0.39, 0.29) is 10.8 Å². The number of methoxy groups -OCH3 is 1. The molecule has 29 heavy (non-hydrogen) atoms. The molecule has 0 radical (unpaired) electrons. The van der Waals surface area contributed by atoms with Crippen molar-refractivity contribution in [1.29, 1.82) is 0 Å². The lowest BCUT2D eigenvalue weighted by Crippen LogP contribution is -2.50. The number of hydrogen-bond acceptors (Lipinski definition) is 5. The van der Waals surface area contributed by atoms with Gasteiger partial charge in [0.2, 0.25) is 10.0 Å². The zero-order valence-electron chi connectivity index (χ0n) is 16.2. The number of piperazine rings is 1. The van der Waals surface area contributed by atoms with Crippen molar-refractivity contribution in [2.75, 3.05) is 46.4 Å². The van der Waals surface area contributed by atoms with E-state index in [1.165, 1.54) is 4.31 Å². The summed E-state index contributed by atoms with van der Waals surface area (Å²) in [5.74, 6) is 0.406. The van der Waals surface area contributed by atoms with Gasteiger partial charge in [-0.1, -0.05) is 23.7 Å². The summed E-state index contributed by atoms with van der Waals surface area (Å²) in [7, 11) is -1.98. The average Bonchev–Trinajstić information content (AvgIpc) is 2.74. The van der Waals surface area contributed by atoms with Gasteiger partial charge in [-0.3, -0.25) is 9.69 Å². The number of rotatable bonds is 7. The van der Waals surface area contributed by atoms with Crippen LogP contribution in [0.5, 0.6) is 5.75 Å². The topological polar surface area (TPSA) is 79.0 Å². The Morgan fingerprint density at radius 1 is 1.07 bits per heavy atom. The first-order chi connectivity index (χ1) is 13.9. The van der Waals surface area contributed by atoms with Crippen LogP contribution in [0.2, 0.25) is 5.02 Å². The van der Waals surface area contributed by atoms with Crippen molar-refractivity contribution >= 4 is 27.5 Å². The second-order valence-electron chi connectivity index (χ2n) is 6.66. The van der Waals surface area contributed by atoms with E-state index < -0.39 is 10.0 Å². The summed E-state index contributed by atoms with van der Waals surface area (Å²) in [4.78, 5) is 14.6. The van der Waals surface area contributed by atoms with Gasteiger partial charge in [-0.2, -0.15) is 4.31 Å². The summed E-state index contributed by atoms with van der Waals surface area (Å²) in [6.45, 7) is 3.15. The van der Waals surface area contributed by atoms with Crippen LogP contribution in [0.4, 0.5) is 0 Å². The van der Waals surface area contributed by atoms with E-state index in [1.54, 1.807) is 55.6 Å². The summed E-state index contributed by atoms with van der Waals surface area (Å²) in [5.41, 5.74) is 0.449. The highest BCUT2D eigenvalue weighted by atomic mass is 35.5. The predicted molar refractivity (Wildman–Crippen MR) is 112 cm³/mol. The maximum Gasteiger partial charge on any atom is 0.252 e. The number of nitrogens with one attached hydrogen (secondary N) is 1. The lowest BCUT2D eigenvalue weighted by Gasteiger charge is -2.34. The number of nitrogens with zero attached hydrogens (tertiary/aromatic N) is 2. The van der Waals surface area contributed by atoms with Crippen LogP contribution in [0.25, 0.3) is 0 Å². The molecule has 1 amide bonds. The van der Waals surface area contributed by atoms with Crippen LogP contribution in [-0.4, -0.2) is 69.9 Å². The Morgan fingerprint density at radius 2 is 1.72 bits per heavy atom. The van der Waals surface area contributed by atoms with Gasteiger partial charge in [0, 0.05) is 39.3 Å². The van der Waals surface area contributed by atoms with E-state index in [0.29, 0.717) is 55.6 Å². The van der Waals surface area contributed by atoms with Crippen molar-refractivity contribution in [3.05, 3.63) is 59.1 Å². The number of sulfonamides is 1. The van der Waals surface area contributed by atoms with Gasteiger partial charge < -0.3 is 10.1 Å². The Balaban J connectivity index is 1.47. The van der Waals surface area contributed by atoms with Crippen LogP contribution in [0.1, 0.15) is 10.4 Å². The van der Waals surface area contributed by atoms with E-state index in [2.05, 4.69) is 10.2 Å². The smallest absolute Gasteiger partial charge is 0.252 e. The Hall–Kier alpha value is -2.13. The van der Waals surface area contributed by atoms with Crippen molar-refractivity contribution in [2.24, 2.45) is 0 Å². The Labute approximate surface area is 176 Å². The fourth-order valence-electron chi connectivity index (χ4n) is 3.16. The normalized spacial score (nSPS) is 15.8. The molecule has 1 fully saturated rings. The first kappa shape index (κ1) is 21.6. The highest BCUT2D eigenvalue weighted by Gasteiger charge is 2.28. The molecular weight excluding hydrogens is 414 g/mol. The molecule has 1 saturated heterocycles. The van der Waals surface area contributed by atoms with Crippen LogP contribution in [-0.2, 0) is 10.0 Å².